The molecule has 0 fully saturated rings. The lowest BCUT2D eigenvalue weighted by atomic mass is 10.3. The lowest BCUT2D eigenvalue weighted by Gasteiger charge is -1.91. The SMILES string of the molecule is C=C(C=C(F)C(F)=C(C)F)[N+](C)=O. The summed E-state index contributed by atoms with van der Waals surface area (Å²) < 4.78 is 37.4. The molecule has 72 valence electrons. The van der Waals surface area contributed by atoms with Gasteiger partial charge in [-0.05, 0) is 13.5 Å². The zero-order valence-electron chi connectivity index (χ0n) is 7.27. The second kappa shape index (κ2) is 4.59. The van der Waals surface area contributed by atoms with Gasteiger partial charge in [0, 0.05) is 9.67 Å². The highest BCUT2D eigenvalue weighted by molar-refractivity contribution is 5.25. The molecule has 0 aliphatic carbocycles. The monoisotopic (exact) mass is 192 g/mol. The molecule has 0 radical (unpaired) electrons. The van der Waals surface area contributed by atoms with Crippen LogP contribution in [0.25, 0.3) is 0 Å². The average molecular weight is 192 g/mol. The Kier molecular flexibility index (Phi) is 4.10. The molecule has 0 aromatic carbocycles. The number of halogens is 3. The van der Waals surface area contributed by atoms with Gasteiger partial charge < -0.3 is 0 Å². The van der Waals surface area contributed by atoms with E-state index < -0.39 is 17.5 Å². The predicted molar refractivity (Wildman–Crippen MR) is 42.8 cm³/mol. The van der Waals surface area contributed by atoms with E-state index in [2.05, 4.69) is 6.58 Å². The molecule has 2 nitrogen and oxygen atoms in total. The van der Waals surface area contributed by atoms with Gasteiger partial charge in [-0.3, -0.25) is 0 Å². The van der Waals surface area contributed by atoms with E-state index in [1.54, 1.807) is 0 Å². The van der Waals surface area contributed by atoms with Crippen molar-refractivity contribution in [2.24, 2.45) is 0 Å². The van der Waals surface area contributed by atoms with Crippen molar-refractivity contribution in [3.8, 4) is 0 Å². The van der Waals surface area contributed by atoms with Crippen LogP contribution in [0, 0.1) is 4.91 Å². The normalized spacial score (nSPS) is 13.8. The van der Waals surface area contributed by atoms with Gasteiger partial charge in [-0.15, -0.1) is 0 Å². The van der Waals surface area contributed by atoms with Gasteiger partial charge in [-0.2, -0.15) is 0 Å². The molecule has 0 heterocycles. The molecule has 0 aromatic rings. The summed E-state index contributed by atoms with van der Waals surface area (Å²) in [5, 5.41) is 0. The fraction of sp³-hybridized carbons (Fsp3) is 0.250. The van der Waals surface area contributed by atoms with Crippen molar-refractivity contribution in [1.82, 2.24) is 0 Å². The largest absolute Gasteiger partial charge is 0.251 e. The van der Waals surface area contributed by atoms with E-state index >= 15 is 0 Å². The van der Waals surface area contributed by atoms with E-state index in [9.17, 15) is 18.1 Å². The van der Waals surface area contributed by atoms with Crippen LogP contribution in [-0.2, 0) is 0 Å². The number of likely N-dealkylation sites (N-methyl/N-ethyl adjacent to an activating group) is 1. The van der Waals surface area contributed by atoms with Crippen LogP contribution < -0.4 is 0 Å². The van der Waals surface area contributed by atoms with Crippen molar-refractivity contribution in [2.45, 2.75) is 6.92 Å². The minimum atomic E-state index is -1.62. The minimum absolute atomic E-state index is 0.237. The minimum Gasteiger partial charge on any atom is -0.209 e. The van der Waals surface area contributed by atoms with Crippen LogP contribution in [0.2, 0.25) is 0 Å². The second-order valence-corrected chi connectivity index (χ2v) is 2.33. The molecule has 0 aromatic heterocycles. The summed E-state index contributed by atoms with van der Waals surface area (Å²) in [5.74, 6) is -4.36. The van der Waals surface area contributed by atoms with Crippen molar-refractivity contribution in [3.63, 3.8) is 0 Å². The van der Waals surface area contributed by atoms with E-state index in [1.807, 2.05) is 0 Å². The number of allylic oxidation sites excluding steroid dienone is 4. The molecular formula is C8H9F3NO+. The highest BCUT2D eigenvalue weighted by Crippen LogP contribution is 2.19. The quantitative estimate of drug-likeness (QED) is 0.497. The first-order valence-electron chi connectivity index (χ1n) is 3.35. The standard InChI is InChI=1S/C8H9F3NO/c1-5(12(3)13)4-7(10)8(11)6(2)9/h4H,1H2,2-3H3/q+1. The van der Waals surface area contributed by atoms with Crippen LogP contribution >= 0.6 is 0 Å². The van der Waals surface area contributed by atoms with Crippen LogP contribution in [0.4, 0.5) is 13.2 Å². The third-order valence-corrected chi connectivity index (χ3v) is 1.21. The van der Waals surface area contributed by atoms with Crippen LogP contribution in [0.15, 0.2) is 35.8 Å². The topological polar surface area (TPSA) is 20.1 Å². The maximum atomic E-state index is 12.6. The summed E-state index contributed by atoms with van der Waals surface area (Å²) in [7, 11) is 1.07. The molecule has 13 heavy (non-hydrogen) atoms. The summed E-state index contributed by atoms with van der Waals surface area (Å²) >= 11 is 0. The van der Waals surface area contributed by atoms with Gasteiger partial charge in [-0.25, -0.2) is 13.2 Å². The Bertz CT molecular complexity index is 301. The van der Waals surface area contributed by atoms with E-state index in [0.29, 0.717) is 6.08 Å². The predicted octanol–water partition coefficient (Wildman–Crippen LogP) is 2.93. The Hall–Kier alpha value is -1.39. The summed E-state index contributed by atoms with van der Waals surface area (Å²) in [6, 6.07) is 0. The van der Waals surface area contributed by atoms with Crippen LogP contribution in [0.3, 0.4) is 0 Å². The second-order valence-electron chi connectivity index (χ2n) is 2.33. The Morgan fingerprint density at radius 2 is 1.85 bits per heavy atom. The Morgan fingerprint density at radius 1 is 1.38 bits per heavy atom. The van der Waals surface area contributed by atoms with Crippen molar-refractivity contribution < 1.29 is 17.9 Å². The summed E-state index contributed by atoms with van der Waals surface area (Å²) in [4.78, 5) is 10.4. The third kappa shape index (κ3) is 3.68. The molecule has 5 heteroatoms. The zero-order chi connectivity index (χ0) is 10.6. The number of rotatable bonds is 3. The van der Waals surface area contributed by atoms with Crippen LogP contribution in [-0.4, -0.2) is 11.8 Å². The molecule has 0 N–H and O–H groups in total. The molecule has 0 saturated heterocycles. The molecule has 0 unspecified atom stereocenters. The summed E-state index contributed by atoms with van der Waals surface area (Å²) in [6.45, 7) is 3.89. The molecule has 0 bridgehead atoms. The molecule has 0 atom stereocenters. The van der Waals surface area contributed by atoms with Gasteiger partial charge >= 0.3 is 0 Å². The number of nitroso groups, excluding NO2 is 1. The molecule has 0 rings (SSSR count). The number of hydrogen-bond donors (Lipinski definition) is 0. The first-order chi connectivity index (χ1) is 5.86. The van der Waals surface area contributed by atoms with Crippen molar-refractivity contribution in [2.75, 3.05) is 7.05 Å². The fourth-order valence-corrected chi connectivity index (χ4v) is 0.465. The first kappa shape index (κ1) is 11.6. The van der Waals surface area contributed by atoms with Crippen LogP contribution in [0.1, 0.15) is 6.92 Å². The smallest absolute Gasteiger partial charge is 0.209 e. The maximum Gasteiger partial charge on any atom is 0.251 e. The summed E-state index contributed by atoms with van der Waals surface area (Å²) in [5.41, 5.74) is -0.297. The van der Waals surface area contributed by atoms with Crippen molar-refractivity contribution >= 4 is 0 Å². The van der Waals surface area contributed by atoms with Gasteiger partial charge in [0.1, 0.15) is 5.83 Å². The molecule has 0 spiro atoms. The zero-order valence-corrected chi connectivity index (χ0v) is 7.27. The maximum absolute atomic E-state index is 12.6. The van der Waals surface area contributed by atoms with Crippen molar-refractivity contribution in [1.29, 1.82) is 0 Å². The van der Waals surface area contributed by atoms with Gasteiger partial charge in [0.25, 0.3) is 5.70 Å². The van der Waals surface area contributed by atoms with Gasteiger partial charge in [0.15, 0.2) is 18.7 Å². The molecule has 0 saturated carbocycles. The molecule has 0 aliphatic heterocycles. The van der Waals surface area contributed by atoms with Gasteiger partial charge in [-0.1, -0.05) is 0 Å². The number of hydrogen-bond acceptors (Lipinski definition) is 1. The van der Waals surface area contributed by atoms with E-state index in [0.717, 1.165) is 14.0 Å². The number of nitrogens with zero attached hydrogens (tertiary/aromatic N) is 1. The summed E-state index contributed by atoms with van der Waals surface area (Å²) in [6.07, 6.45) is 0.519. The lowest BCUT2D eigenvalue weighted by molar-refractivity contribution is -0.460. The van der Waals surface area contributed by atoms with E-state index in [-0.39, 0.29) is 10.5 Å². The van der Waals surface area contributed by atoms with E-state index in [1.165, 1.54) is 0 Å². The van der Waals surface area contributed by atoms with E-state index in [4.69, 9.17) is 0 Å². The highest BCUT2D eigenvalue weighted by Gasteiger charge is 2.12. The Labute approximate surface area is 73.6 Å². The average Bonchev–Trinajstić information content (AvgIpc) is 2.02. The first-order valence-corrected chi connectivity index (χ1v) is 3.35. The van der Waals surface area contributed by atoms with Crippen LogP contribution in [0.5, 0.6) is 0 Å². The van der Waals surface area contributed by atoms with Crippen molar-refractivity contribution in [3.05, 3.63) is 40.7 Å². The molecule has 0 aliphatic rings. The highest BCUT2D eigenvalue weighted by atomic mass is 19.2. The third-order valence-electron chi connectivity index (χ3n) is 1.21. The molecular weight excluding hydrogens is 183 g/mol. The fourth-order valence-electron chi connectivity index (χ4n) is 0.465. The Balaban J connectivity index is 4.80. The Morgan fingerprint density at radius 3 is 2.15 bits per heavy atom. The van der Waals surface area contributed by atoms with Gasteiger partial charge in [0.2, 0.25) is 0 Å². The lowest BCUT2D eigenvalue weighted by Crippen LogP contribution is -1.96. The molecule has 0 amide bonds. The van der Waals surface area contributed by atoms with Gasteiger partial charge in [0.05, 0.1) is 6.08 Å².